The average molecular weight is 206 g/mol. The summed E-state index contributed by atoms with van der Waals surface area (Å²) >= 11 is 0. The van der Waals surface area contributed by atoms with E-state index in [1.807, 2.05) is 49.2 Å². The number of likely N-dealkylation sites (N-methyl/N-ethyl adjacent to an activating group) is 2. The molecule has 0 fully saturated rings. The Morgan fingerprint density at radius 2 is 2.00 bits per heavy atom. The maximum atomic E-state index is 11.8. The first-order valence-electron chi connectivity index (χ1n) is 5.17. The van der Waals surface area contributed by atoms with Crippen LogP contribution in [0.5, 0.6) is 0 Å². The molecule has 1 amide bonds. The van der Waals surface area contributed by atoms with Crippen molar-refractivity contribution in [2.45, 2.75) is 13.0 Å². The van der Waals surface area contributed by atoms with Crippen LogP contribution in [0.1, 0.15) is 18.5 Å². The zero-order valence-corrected chi connectivity index (χ0v) is 9.53. The third kappa shape index (κ3) is 2.80. The first-order valence-corrected chi connectivity index (χ1v) is 5.17. The van der Waals surface area contributed by atoms with Gasteiger partial charge >= 0.3 is 0 Å². The Labute approximate surface area is 91.1 Å². The van der Waals surface area contributed by atoms with Crippen molar-refractivity contribution in [1.29, 1.82) is 0 Å². The summed E-state index contributed by atoms with van der Waals surface area (Å²) < 4.78 is 0. The van der Waals surface area contributed by atoms with E-state index < -0.39 is 0 Å². The molecule has 3 nitrogen and oxygen atoms in total. The zero-order valence-electron chi connectivity index (χ0n) is 9.53. The van der Waals surface area contributed by atoms with E-state index in [9.17, 15) is 4.79 Å². The van der Waals surface area contributed by atoms with E-state index in [1.54, 1.807) is 7.05 Å². The minimum absolute atomic E-state index is 0.0329. The Morgan fingerprint density at radius 1 is 1.40 bits per heavy atom. The lowest BCUT2D eigenvalue weighted by atomic mass is 10.1. The summed E-state index contributed by atoms with van der Waals surface area (Å²) in [6, 6.07) is 9.62. The molecule has 0 saturated carbocycles. The number of rotatable bonds is 4. The molecular weight excluding hydrogens is 188 g/mol. The minimum Gasteiger partial charge on any atom is -0.358 e. The number of carbonyl (C=O) groups excluding carboxylic acids is 1. The lowest BCUT2D eigenvalue weighted by molar-refractivity contribution is -0.125. The molecule has 1 rings (SSSR count). The maximum absolute atomic E-state index is 11.8. The summed E-state index contributed by atoms with van der Waals surface area (Å²) in [4.78, 5) is 13.8. The molecule has 3 heteroatoms. The molecule has 1 aromatic carbocycles. The fourth-order valence-corrected chi connectivity index (χ4v) is 1.56. The molecule has 0 saturated heterocycles. The van der Waals surface area contributed by atoms with Gasteiger partial charge in [-0.25, -0.2) is 0 Å². The highest BCUT2D eigenvalue weighted by molar-refractivity contribution is 5.82. The van der Waals surface area contributed by atoms with Crippen molar-refractivity contribution in [3.05, 3.63) is 35.9 Å². The first-order chi connectivity index (χ1) is 7.20. The van der Waals surface area contributed by atoms with Crippen molar-refractivity contribution >= 4 is 5.91 Å². The number of nitrogens with zero attached hydrogens (tertiary/aromatic N) is 1. The number of nitrogens with one attached hydrogen (secondary N) is 1. The van der Waals surface area contributed by atoms with Gasteiger partial charge in [-0.1, -0.05) is 37.3 Å². The second-order valence-electron chi connectivity index (χ2n) is 3.50. The van der Waals surface area contributed by atoms with Crippen LogP contribution in [0.3, 0.4) is 0 Å². The highest BCUT2D eigenvalue weighted by atomic mass is 16.2. The number of amides is 1. The fourth-order valence-electron chi connectivity index (χ4n) is 1.56. The van der Waals surface area contributed by atoms with Crippen LogP contribution in [0.4, 0.5) is 0 Å². The van der Waals surface area contributed by atoms with Crippen molar-refractivity contribution in [2.24, 2.45) is 0 Å². The molecule has 1 unspecified atom stereocenters. The van der Waals surface area contributed by atoms with Gasteiger partial charge in [0.2, 0.25) is 5.91 Å². The third-order valence-electron chi connectivity index (χ3n) is 2.55. The van der Waals surface area contributed by atoms with E-state index in [2.05, 4.69) is 5.32 Å². The molecule has 0 bridgehead atoms. The molecule has 0 aliphatic rings. The number of hydrogen-bond donors (Lipinski definition) is 1. The smallest absolute Gasteiger partial charge is 0.241 e. The van der Waals surface area contributed by atoms with Crippen LogP contribution in [0, 0.1) is 0 Å². The molecule has 0 aliphatic heterocycles. The molecule has 15 heavy (non-hydrogen) atoms. The van der Waals surface area contributed by atoms with Crippen molar-refractivity contribution in [3.8, 4) is 0 Å². The van der Waals surface area contributed by atoms with E-state index in [-0.39, 0.29) is 11.9 Å². The summed E-state index contributed by atoms with van der Waals surface area (Å²) in [5.74, 6) is 0.0329. The normalized spacial score (nSPS) is 12.5. The van der Waals surface area contributed by atoms with E-state index in [4.69, 9.17) is 0 Å². The highest BCUT2D eigenvalue weighted by Crippen LogP contribution is 2.18. The van der Waals surface area contributed by atoms with Gasteiger partial charge < -0.3 is 5.32 Å². The average Bonchev–Trinajstić information content (AvgIpc) is 2.30. The van der Waals surface area contributed by atoms with Crippen LogP contribution in [0.2, 0.25) is 0 Å². The van der Waals surface area contributed by atoms with Crippen LogP contribution >= 0.6 is 0 Å². The summed E-state index contributed by atoms with van der Waals surface area (Å²) in [7, 11) is 3.62. The van der Waals surface area contributed by atoms with E-state index in [1.165, 1.54) is 0 Å². The second-order valence-corrected chi connectivity index (χ2v) is 3.50. The maximum Gasteiger partial charge on any atom is 0.241 e. The Kier molecular flexibility index (Phi) is 4.31. The van der Waals surface area contributed by atoms with Gasteiger partial charge in [0.25, 0.3) is 0 Å². The largest absolute Gasteiger partial charge is 0.358 e. The molecule has 0 spiro atoms. The Bertz CT molecular complexity index is 311. The van der Waals surface area contributed by atoms with E-state index in [0.717, 1.165) is 12.1 Å². The van der Waals surface area contributed by atoms with Gasteiger partial charge in [-0.15, -0.1) is 0 Å². The molecule has 82 valence electrons. The predicted molar refractivity (Wildman–Crippen MR) is 61.6 cm³/mol. The Hall–Kier alpha value is -1.35. The summed E-state index contributed by atoms with van der Waals surface area (Å²) in [5, 5.41) is 2.70. The minimum atomic E-state index is -0.193. The predicted octanol–water partition coefficient (Wildman–Crippen LogP) is 1.43. The SMILES string of the molecule is CCN(C)C(C(=O)NC)c1ccccc1. The lowest BCUT2D eigenvalue weighted by Gasteiger charge is -2.25. The third-order valence-corrected chi connectivity index (χ3v) is 2.55. The molecule has 0 heterocycles. The summed E-state index contributed by atoms with van der Waals surface area (Å²) in [5.41, 5.74) is 1.03. The number of benzene rings is 1. The van der Waals surface area contributed by atoms with Gasteiger partial charge in [0.15, 0.2) is 0 Å². The molecule has 1 N–H and O–H groups in total. The van der Waals surface area contributed by atoms with Crippen LogP contribution in [-0.2, 0) is 4.79 Å². The molecule has 1 aromatic rings. The van der Waals surface area contributed by atoms with Crippen molar-refractivity contribution in [3.63, 3.8) is 0 Å². The van der Waals surface area contributed by atoms with Gasteiger partial charge in [-0.3, -0.25) is 9.69 Å². The quantitative estimate of drug-likeness (QED) is 0.808. The van der Waals surface area contributed by atoms with Gasteiger partial charge in [0, 0.05) is 7.05 Å². The standard InChI is InChI=1S/C12H18N2O/c1-4-14(3)11(12(15)13-2)10-8-6-5-7-9-10/h5-9,11H,4H2,1-3H3,(H,13,15). The molecule has 0 radical (unpaired) electrons. The van der Waals surface area contributed by atoms with Crippen LogP contribution in [-0.4, -0.2) is 31.4 Å². The fraction of sp³-hybridized carbons (Fsp3) is 0.417. The van der Waals surface area contributed by atoms with E-state index in [0.29, 0.717) is 0 Å². The van der Waals surface area contributed by atoms with Gasteiger partial charge in [0.05, 0.1) is 0 Å². The molecule has 0 aliphatic carbocycles. The van der Waals surface area contributed by atoms with E-state index >= 15 is 0 Å². The van der Waals surface area contributed by atoms with Gasteiger partial charge in [-0.2, -0.15) is 0 Å². The summed E-state index contributed by atoms with van der Waals surface area (Å²) in [6.07, 6.45) is 0. The number of carbonyl (C=O) groups is 1. The van der Waals surface area contributed by atoms with Gasteiger partial charge in [-0.05, 0) is 19.2 Å². The van der Waals surface area contributed by atoms with Gasteiger partial charge in [0.1, 0.15) is 6.04 Å². The highest BCUT2D eigenvalue weighted by Gasteiger charge is 2.22. The topological polar surface area (TPSA) is 32.3 Å². The van der Waals surface area contributed by atoms with Crippen molar-refractivity contribution < 1.29 is 4.79 Å². The first kappa shape index (κ1) is 11.7. The van der Waals surface area contributed by atoms with Crippen molar-refractivity contribution in [1.82, 2.24) is 10.2 Å². The molecule has 0 aromatic heterocycles. The molecule has 1 atom stereocenters. The Morgan fingerprint density at radius 3 is 2.47 bits per heavy atom. The number of hydrogen-bond acceptors (Lipinski definition) is 2. The second kappa shape index (κ2) is 5.51. The van der Waals surface area contributed by atoms with Crippen LogP contribution in [0.15, 0.2) is 30.3 Å². The van der Waals surface area contributed by atoms with Crippen LogP contribution in [0.25, 0.3) is 0 Å². The monoisotopic (exact) mass is 206 g/mol. The zero-order chi connectivity index (χ0) is 11.3. The lowest BCUT2D eigenvalue weighted by Crippen LogP contribution is -2.37. The Balaban J connectivity index is 2.96. The molecular formula is C12H18N2O. The van der Waals surface area contributed by atoms with Crippen LogP contribution < -0.4 is 5.32 Å². The van der Waals surface area contributed by atoms with Crippen molar-refractivity contribution in [2.75, 3.05) is 20.6 Å². The summed E-state index contributed by atoms with van der Waals surface area (Å²) in [6.45, 7) is 2.88.